The van der Waals surface area contributed by atoms with Crippen LogP contribution in [-0.4, -0.2) is 24.5 Å². The highest BCUT2D eigenvalue weighted by atomic mass is 16.5. The molecule has 0 aliphatic carbocycles. The normalized spacial score (nSPS) is 12.1. The second-order valence-electron chi connectivity index (χ2n) is 7.25. The summed E-state index contributed by atoms with van der Waals surface area (Å²) in [4.78, 5) is 27.9. The third-order valence-electron chi connectivity index (χ3n) is 4.95. The van der Waals surface area contributed by atoms with Gasteiger partial charge in [0.05, 0.1) is 13.0 Å². The van der Waals surface area contributed by atoms with Crippen LogP contribution in [0.15, 0.2) is 59.4 Å². The van der Waals surface area contributed by atoms with Gasteiger partial charge in [-0.3, -0.25) is 9.59 Å². The fourth-order valence-electron chi connectivity index (χ4n) is 3.46. The van der Waals surface area contributed by atoms with Crippen LogP contribution >= 0.6 is 0 Å². The van der Waals surface area contributed by atoms with Crippen LogP contribution in [0.25, 0.3) is 10.9 Å². The molecule has 0 spiro atoms. The number of aromatic amines is 1. The molecule has 0 radical (unpaired) electrons. The number of H-pyrrole nitrogens is 1. The Morgan fingerprint density at radius 1 is 1.11 bits per heavy atom. The van der Waals surface area contributed by atoms with Gasteiger partial charge in [0.1, 0.15) is 5.75 Å². The number of carbonyl (C=O) groups is 1. The van der Waals surface area contributed by atoms with Crippen molar-refractivity contribution in [3.63, 3.8) is 0 Å². The van der Waals surface area contributed by atoms with E-state index < -0.39 is 0 Å². The molecule has 28 heavy (non-hydrogen) atoms. The summed E-state index contributed by atoms with van der Waals surface area (Å²) in [5.41, 5.74) is 2.34. The maximum atomic E-state index is 12.8. The Balaban J connectivity index is 1.68. The van der Waals surface area contributed by atoms with Gasteiger partial charge in [-0.2, -0.15) is 0 Å². The van der Waals surface area contributed by atoms with Crippen molar-refractivity contribution in [2.45, 2.75) is 26.2 Å². The van der Waals surface area contributed by atoms with Crippen LogP contribution in [0, 0.1) is 5.92 Å². The lowest BCUT2D eigenvalue weighted by atomic mass is 9.87. The Kier molecular flexibility index (Phi) is 6.14. The van der Waals surface area contributed by atoms with E-state index in [2.05, 4.69) is 10.3 Å². The highest BCUT2D eigenvalue weighted by molar-refractivity contribution is 5.84. The summed E-state index contributed by atoms with van der Waals surface area (Å²) in [5, 5.41) is 3.98. The number of benzene rings is 2. The third-order valence-corrected chi connectivity index (χ3v) is 4.95. The molecule has 1 heterocycles. The lowest BCUT2D eigenvalue weighted by Gasteiger charge is -2.21. The van der Waals surface area contributed by atoms with Crippen LogP contribution < -0.4 is 15.6 Å². The molecule has 1 aromatic heterocycles. The summed E-state index contributed by atoms with van der Waals surface area (Å²) < 4.78 is 5.19. The predicted octanol–water partition coefficient (Wildman–Crippen LogP) is 3.64. The number of para-hydroxylation sites is 1. The molecule has 0 aliphatic heterocycles. The van der Waals surface area contributed by atoms with Crippen LogP contribution in [-0.2, 0) is 11.2 Å². The number of ether oxygens (including phenoxy) is 1. The van der Waals surface area contributed by atoms with E-state index in [1.165, 1.54) is 0 Å². The number of amides is 1. The molecule has 0 fully saturated rings. The zero-order valence-corrected chi connectivity index (χ0v) is 16.5. The summed E-state index contributed by atoms with van der Waals surface area (Å²) in [5.74, 6) is 0.637. The predicted molar refractivity (Wildman–Crippen MR) is 112 cm³/mol. The molecule has 5 heteroatoms. The number of carbonyl (C=O) groups excluding carboxylic acids is 1. The van der Waals surface area contributed by atoms with Crippen molar-refractivity contribution in [2.75, 3.05) is 13.7 Å². The van der Waals surface area contributed by atoms with Gasteiger partial charge in [0.15, 0.2) is 0 Å². The molecule has 3 rings (SSSR count). The fraction of sp³-hybridized carbons (Fsp3) is 0.304. The molecule has 1 unspecified atom stereocenters. The lowest BCUT2D eigenvalue weighted by Crippen LogP contribution is -2.34. The van der Waals surface area contributed by atoms with Gasteiger partial charge in [-0.05, 0) is 47.6 Å². The van der Waals surface area contributed by atoms with E-state index in [1.807, 2.05) is 68.4 Å². The average Bonchev–Trinajstić information content (AvgIpc) is 2.68. The van der Waals surface area contributed by atoms with E-state index in [4.69, 9.17) is 4.74 Å². The van der Waals surface area contributed by atoms with E-state index >= 15 is 0 Å². The maximum Gasteiger partial charge on any atom is 0.251 e. The molecule has 0 bridgehead atoms. The molecule has 2 N–H and O–H groups in total. The van der Waals surface area contributed by atoms with Gasteiger partial charge < -0.3 is 15.0 Å². The Hall–Kier alpha value is -3.08. The average molecular weight is 378 g/mol. The second-order valence-corrected chi connectivity index (χ2v) is 7.25. The van der Waals surface area contributed by atoms with Crippen molar-refractivity contribution < 1.29 is 9.53 Å². The molecule has 5 nitrogen and oxygen atoms in total. The highest BCUT2D eigenvalue weighted by Crippen LogP contribution is 2.26. The van der Waals surface area contributed by atoms with Gasteiger partial charge in [-0.1, -0.05) is 44.2 Å². The number of fused-ring (bicyclic) bond motifs is 1. The van der Waals surface area contributed by atoms with Gasteiger partial charge in [-0.25, -0.2) is 0 Å². The minimum atomic E-state index is -0.249. The highest BCUT2D eigenvalue weighted by Gasteiger charge is 2.24. The van der Waals surface area contributed by atoms with Crippen LogP contribution in [0.3, 0.4) is 0 Å². The molecule has 0 saturated heterocycles. The van der Waals surface area contributed by atoms with Crippen LogP contribution in [0.1, 0.15) is 30.9 Å². The van der Waals surface area contributed by atoms with E-state index in [9.17, 15) is 9.59 Å². The molecule has 1 amide bonds. The number of methoxy groups -OCH3 is 1. The zero-order valence-electron chi connectivity index (χ0n) is 16.5. The minimum Gasteiger partial charge on any atom is -0.497 e. The number of pyridine rings is 1. The smallest absolute Gasteiger partial charge is 0.251 e. The van der Waals surface area contributed by atoms with E-state index in [0.717, 1.165) is 22.2 Å². The van der Waals surface area contributed by atoms with Crippen LogP contribution in [0.5, 0.6) is 5.75 Å². The van der Waals surface area contributed by atoms with Crippen LogP contribution in [0.4, 0.5) is 0 Å². The first-order chi connectivity index (χ1) is 13.5. The van der Waals surface area contributed by atoms with Crippen molar-refractivity contribution in [1.82, 2.24) is 10.3 Å². The first kappa shape index (κ1) is 19.7. The standard InChI is InChI=1S/C23H26N2O3/c1-15(2)21(16-8-10-19(28-3)11-9-16)23(27)24-13-12-18-14-17-6-4-5-7-20(17)25-22(18)26/h4-11,14-15,21H,12-13H2,1-3H3,(H,24,27)(H,25,26). The third kappa shape index (κ3) is 4.42. The Labute approximate surface area is 164 Å². The number of rotatable bonds is 7. The number of nitrogens with one attached hydrogen (secondary N) is 2. The number of hydrogen-bond acceptors (Lipinski definition) is 3. The summed E-state index contributed by atoms with van der Waals surface area (Å²) in [7, 11) is 1.62. The summed E-state index contributed by atoms with van der Waals surface area (Å²) >= 11 is 0. The molecular weight excluding hydrogens is 352 g/mol. The molecule has 0 saturated carbocycles. The largest absolute Gasteiger partial charge is 0.497 e. The Morgan fingerprint density at radius 3 is 2.50 bits per heavy atom. The topological polar surface area (TPSA) is 71.2 Å². The van der Waals surface area contributed by atoms with Gasteiger partial charge in [0.2, 0.25) is 5.91 Å². The van der Waals surface area contributed by atoms with Gasteiger partial charge >= 0.3 is 0 Å². The molecule has 1 atom stereocenters. The molecule has 0 aliphatic rings. The first-order valence-corrected chi connectivity index (χ1v) is 9.52. The maximum absolute atomic E-state index is 12.8. The molecule has 2 aromatic carbocycles. The van der Waals surface area contributed by atoms with Gasteiger partial charge in [-0.15, -0.1) is 0 Å². The first-order valence-electron chi connectivity index (χ1n) is 9.52. The van der Waals surface area contributed by atoms with Crippen molar-refractivity contribution in [3.8, 4) is 5.75 Å². The zero-order chi connectivity index (χ0) is 20.1. The monoisotopic (exact) mass is 378 g/mol. The van der Waals surface area contributed by atoms with E-state index in [0.29, 0.717) is 18.5 Å². The van der Waals surface area contributed by atoms with Crippen molar-refractivity contribution in [2.24, 2.45) is 5.92 Å². The molecular formula is C23H26N2O3. The Bertz CT molecular complexity index is 1010. The molecule has 3 aromatic rings. The van der Waals surface area contributed by atoms with E-state index in [1.54, 1.807) is 7.11 Å². The van der Waals surface area contributed by atoms with Gasteiger partial charge in [0.25, 0.3) is 5.56 Å². The van der Waals surface area contributed by atoms with Crippen molar-refractivity contribution in [3.05, 3.63) is 76.1 Å². The second kappa shape index (κ2) is 8.74. The van der Waals surface area contributed by atoms with E-state index in [-0.39, 0.29) is 23.3 Å². The van der Waals surface area contributed by atoms with Crippen molar-refractivity contribution in [1.29, 1.82) is 0 Å². The summed E-state index contributed by atoms with van der Waals surface area (Å²) in [6, 6.07) is 17.2. The van der Waals surface area contributed by atoms with Crippen LogP contribution in [0.2, 0.25) is 0 Å². The fourth-order valence-corrected chi connectivity index (χ4v) is 3.46. The van der Waals surface area contributed by atoms with Gasteiger partial charge in [0, 0.05) is 17.6 Å². The summed E-state index contributed by atoms with van der Waals surface area (Å²) in [6.45, 7) is 4.48. The minimum absolute atomic E-state index is 0.0302. The molecule has 146 valence electrons. The SMILES string of the molecule is COc1ccc(C(C(=O)NCCc2cc3ccccc3[nH]c2=O)C(C)C)cc1. The van der Waals surface area contributed by atoms with Crippen molar-refractivity contribution >= 4 is 16.8 Å². The summed E-state index contributed by atoms with van der Waals surface area (Å²) in [6.07, 6.45) is 0.485. The number of aromatic nitrogens is 1. The lowest BCUT2D eigenvalue weighted by molar-refractivity contribution is -0.123. The number of hydrogen-bond donors (Lipinski definition) is 2. The Morgan fingerprint density at radius 2 is 1.82 bits per heavy atom. The quantitative estimate of drug-likeness (QED) is 0.659.